The summed E-state index contributed by atoms with van der Waals surface area (Å²) in [6.07, 6.45) is -4.96. The molecule has 8 heteroatoms. The Kier molecular flexibility index (Phi) is 4.80. The number of hydrogen-bond acceptors (Lipinski definition) is 4. The number of ether oxygens (including phenoxy) is 1. The molecule has 3 aromatic rings. The van der Waals surface area contributed by atoms with Crippen molar-refractivity contribution in [1.82, 2.24) is 10.1 Å². The van der Waals surface area contributed by atoms with Crippen molar-refractivity contribution < 1.29 is 27.2 Å². The lowest BCUT2D eigenvalue weighted by Crippen LogP contribution is -2.43. The van der Waals surface area contributed by atoms with Gasteiger partial charge in [-0.25, -0.2) is 0 Å². The maximum absolute atomic E-state index is 13.0. The van der Waals surface area contributed by atoms with E-state index in [1.165, 1.54) is 6.07 Å². The molecule has 1 aliphatic rings. The van der Waals surface area contributed by atoms with Gasteiger partial charge in [-0.2, -0.15) is 13.2 Å². The van der Waals surface area contributed by atoms with E-state index in [0.717, 1.165) is 17.5 Å². The Balaban J connectivity index is 1.48. The summed E-state index contributed by atoms with van der Waals surface area (Å²) in [5.41, 5.74) is 0.821. The standard InChI is InChI=1S/C20H17F3N2O3/c21-20(22,23)14-5-3-4-13(10-14)18-12-25(8-9-27-18)19(26)11-16-15-6-1-2-7-17(15)28-24-16/h1-7,10,18H,8-9,11-12H2. The van der Waals surface area contributed by atoms with Gasteiger partial charge in [-0.3, -0.25) is 4.79 Å². The molecule has 1 aliphatic heterocycles. The maximum Gasteiger partial charge on any atom is 0.416 e. The van der Waals surface area contributed by atoms with Gasteiger partial charge in [0, 0.05) is 11.9 Å². The van der Waals surface area contributed by atoms with Crippen LogP contribution in [0, 0.1) is 0 Å². The van der Waals surface area contributed by atoms with Gasteiger partial charge in [0.2, 0.25) is 5.91 Å². The topological polar surface area (TPSA) is 55.6 Å². The largest absolute Gasteiger partial charge is 0.416 e. The minimum Gasteiger partial charge on any atom is -0.370 e. The molecule has 1 fully saturated rings. The van der Waals surface area contributed by atoms with Crippen LogP contribution in [0.15, 0.2) is 53.1 Å². The fourth-order valence-electron chi connectivity index (χ4n) is 3.31. The molecule has 28 heavy (non-hydrogen) atoms. The number of hydrogen-bond donors (Lipinski definition) is 0. The van der Waals surface area contributed by atoms with Gasteiger partial charge in [0.05, 0.1) is 25.1 Å². The highest BCUT2D eigenvalue weighted by Gasteiger charge is 2.32. The van der Waals surface area contributed by atoms with E-state index in [9.17, 15) is 18.0 Å². The summed E-state index contributed by atoms with van der Waals surface area (Å²) in [7, 11) is 0. The van der Waals surface area contributed by atoms with Crippen molar-refractivity contribution in [3.8, 4) is 0 Å². The monoisotopic (exact) mass is 390 g/mol. The predicted octanol–water partition coefficient (Wildman–Crippen LogP) is 3.99. The van der Waals surface area contributed by atoms with E-state index in [0.29, 0.717) is 23.4 Å². The Morgan fingerprint density at radius 3 is 2.82 bits per heavy atom. The van der Waals surface area contributed by atoms with Crippen LogP contribution in [-0.2, 0) is 22.1 Å². The molecule has 2 heterocycles. The zero-order valence-corrected chi connectivity index (χ0v) is 14.8. The maximum atomic E-state index is 13.0. The van der Waals surface area contributed by atoms with E-state index in [2.05, 4.69) is 5.16 Å². The number of fused-ring (bicyclic) bond motifs is 1. The number of para-hydroxylation sites is 1. The first-order chi connectivity index (χ1) is 13.4. The van der Waals surface area contributed by atoms with Crippen LogP contribution < -0.4 is 0 Å². The smallest absolute Gasteiger partial charge is 0.370 e. The first kappa shape index (κ1) is 18.5. The molecule has 2 aromatic carbocycles. The minimum atomic E-state index is -4.42. The normalized spacial score (nSPS) is 17.8. The van der Waals surface area contributed by atoms with Crippen LogP contribution in [0.25, 0.3) is 11.0 Å². The first-order valence-electron chi connectivity index (χ1n) is 8.81. The van der Waals surface area contributed by atoms with Crippen LogP contribution in [0.4, 0.5) is 13.2 Å². The van der Waals surface area contributed by atoms with Crippen molar-refractivity contribution in [2.75, 3.05) is 19.7 Å². The number of nitrogens with zero attached hydrogens (tertiary/aromatic N) is 2. The highest BCUT2D eigenvalue weighted by Crippen LogP contribution is 2.32. The Hall–Kier alpha value is -2.87. The number of morpholine rings is 1. The second kappa shape index (κ2) is 7.27. The molecule has 1 amide bonds. The molecular weight excluding hydrogens is 373 g/mol. The van der Waals surface area contributed by atoms with Crippen molar-refractivity contribution in [3.05, 3.63) is 65.4 Å². The van der Waals surface area contributed by atoms with Crippen LogP contribution >= 0.6 is 0 Å². The van der Waals surface area contributed by atoms with Gasteiger partial charge in [-0.15, -0.1) is 0 Å². The molecule has 0 N–H and O–H groups in total. The third-order valence-corrected chi connectivity index (χ3v) is 4.78. The molecule has 146 valence electrons. The average Bonchev–Trinajstić information content (AvgIpc) is 3.10. The molecule has 0 saturated carbocycles. The van der Waals surface area contributed by atoms with Crippen molar-refractivity contribution >= 4 is 16.9 Å². The summed E-state index contributed by atoms with van der Waals surface area (Å²) in [5.74, 6) is -0.167. The fraction of sp³-hybridized carbons (Fsp3) is 0.300. The molecule has 0 radical (unpaired) electrons. The van der Waals surface area contributed by atoms with E-state index < -0.39 is 17.8 Å². The lowest BCUT2D eigenvalue weighted by atomic mass is 10.0. The zero-order chi connectivity index (χ0) is 19.7. The van der Waals surface area contributed by atoms with Crippen molar-refractivity contribution in [1.29, 1.82) is 0 Å². The highest BCUT2D eigenvalue weighted by atomic mass is 19.4. The van der Waals surface area contributed by atoms with Crippen LogP contribution in [0.5, 0.6) is 0 Å². The molecule has 4 rings (SSSR count). The summed E-state index contributed by atoms with van der Waals surface area (Å²) >= 11 is 0. The molecule has 1 atom stereocenters. The summed E-state index contributed by atoms with van der Waals surface area (Å²) in [6, 6.07) is 12.3. The quantitative estimate of drug-likeness (QED) is 0.679. The number of aromatic nitrogens is 1. The molecule has 0 spiro atoms. The second-order valence-electron chi connectivity index (χ2n) is 6.62. The molecule has 1 unspecified atom stereocenters. The number of amides is 1. The van der Waals surface area contributed by atoms with Crippen LogP contribution in [0.3, 0.4) is 0 Å². The second-order valence-corrected chi connectivity index (χ2v) is 6.62. The summed E-state index contributed by atoms with van der Waals surface area (Å²) in [5, 5.41) is 4.74. The number of rotatable bonds is 3. The lowest BCUT2D eigenvalue weighted by Gasteiger charge is -2.33. The Morgan fingerprint density at radius 1 is 1.18 bits per heavy atom. The molecule has 5 nitrogen and oxygen atoms in total. The van der Waals surface area contributed by atoms with Gasteiger partial charge in [0.15, 0.2) is 5.58 Å². The Bertz CT molecular complexity index is 1000. The van der Waals surface area contributed by atoms with Gasteiger partial charge < -0.3 is 14.2 Å². The van der Waals surface area contributed by atoms with Gasteiger partial charge in [-0.1, -0.05) is 29.4 Å². The molecule has 1 aromatic heterocycles. The summed E-state index contributed by atoms with van der Waals surface area (Å²) in [6.45, 7) is 0.826. The Morgan fingerprint density at radius 2 is 2.00 bits per heavy atom. The molecule has 1 saturated heterocycles. The number of halogens is 3. The van der Waals surface area contributed by atoms with E-state index in [1.54, 1.807) is 17.0 Å². The molecular formula is C20H17F3N2O3. The number of carbonyl (C=O) groups excluding carboxylic acids is 1. The third-order valence-electron chi connectivity index (χ3n) is 4.78. The predicted molar refractivity (Wildman–Crippen MR) is 94.4 cm³/mol. The van der Waals surface area contributed by atoms with Gasteiger partial charge in [0.25, 0.3) is 0 Å². The van der Waals surface area contributed by atoms with Crippen LogP contribution in [0.1, 0.15) is 22.9 Å². The summed E-state index contributed by atoms with van der Waals surface area (Å²) < 4.78 is 49.7. The van der Waals surface area contributed by atoms with Crippen LogP contribution in [-0.4, -0.2) is 35.7 Å². The number of carbonyl (C=O) groups is 1. The van der Waals surface area contributed by atoms with Gasteiger partial charge in [-0.05, 0) is 29.8 Å². The highest BCUT2D eigenvalue weighted by molar-refractivity contribution is 5.86. The van der Waals surface area contributed by atoms with Gasteiger partial charge in [0.1, 0.15) is 11.8 Å². The Labute approximate surface area is 158 Å². The van der Waals surface area contributed by atoms with E-state index in [4.69, 9.17) is 9.26 Å². The molecule has 0 bridgehead atoms. The van der Waals surface area contributed by atoms with Crippen molar-refractivity contribution in [2.45, 2.75) is 18.7 Å². The van der Waals surface area contributed by atoms with Gasteiger partial charge >= 0.3 is 6.18 Å². The average molecular weight is 390 g/mol. The SMILES string of the molecule is O=C(Cc1noc2ccccc12)N1CCOC(c2cccc(C(F)(F)F)c2)C1. The van der Waals surface area contributed by atoms with E-state index in [-0.39, 0.29) is 25.5 Å². The third kappa shape index (κ3) is 3.73. The number of benzene rings is 2. The number of alkyl halides is 3. The fourth-order valence-corrected chi connectivity index (χ4v) is 3.31. The van der Waals surface area contributed by atoms with Crippen LogP contribution in [0.2, 0.25) is 0 Å². The van der Waals surface area contributed by atoms with E-state index in [1.807, 2.05) is 18.2 Å². The summed E-state index contributed by atoms with van der Waals surface area (Å²) in [4.78, 5) is 14.3. The van der Waals surface area contributed by atoms with E-state index >= 15 is 0 Å². The zero-order valence-electron chi connectivity index (χ0n) is 14.8. The van der Waals surface area contributed by atoms with Crippen molar-refractivity contribution in [2.24, 2.45) is 0 Å². The van der Waals surface area contributed by atoms with Crippen molar-refractivity contribution in [3.63, 3.8) is 0 Å². The minimum absolute atomic E-state index is 0.0618. The lowest BCUT2D eigenvalue weighted by molar-refractivity contribution is -0.140. The molecule has 0 aliphatic carbocycles. The first-order valence-corrected chi connectivity index (χ1v) is 8.81.